The van der Waals surface area contributed by atoms with Crippen LogP contribution in [-0.4, -0.2) is 13.5 Å². The van der Waals surface area contributed by atoms with Gasteiger partial charge in [0.2, 0.25) is 0 Å². The van der Waals surface area contributed by atoms with Crippen LogP contribution in [0.15, 0.2) is 0 Å². The fourth-order valence-electron chi connectivity index (χ4n) is 1.12. The van der Waals surface area contributed by atoms with Gasteiger partial charge in [0.1, 0.15) is 0 Å². The standard InChI is InChI=1S/C7H15BO/c1-7(2)4-5-8(3)9-6-7/h4-6H2,1-3H3. The highest BCUT2D eigenvalue weighted by Gasteiger charge is 2.26. The zero-order valence-electron chi connectivity index (χ0n) is 6.61. The van der Waals surface area contributed by atoms with Crippen molar-refractivity contribution in [2.45, 2.75) is 33.4 Å². The Morgan fingerprint density at radius 1 is 1.44 bits per heavy atom. The maximum atomic E-state index is 5.49. The van der Waals surface area contributed by atoms with Crippen LogP contribution in [0.3, 0.4) is 0 Å². The summed E-state index contributed by atoms with van der Waals surface area (Å²) in [6.45, 7) is 8.11. The second kappa shape index (κ2) is 2.33. The summed E-state index contributed by atoms with van der Waals surface area (Å²) in [5.74, 6) is 0. The minimum absolute atomic E-state index is 0.437. The fraction of sp³-hybridized carbons (Fsp3) is 1.00. The van der Waals surface area contributed by atoms with Crippen molar-refractivity contribution in [1.29, 1.82) is 0 Å². The second-order valence-corrected chi connectivity index (χ2v) is 3.82. The molecular weight excluding hydrogens is 111 g/mol. The van der Waals surface area contributed by atoms with Crippen molar-refractivity contribution in [2.75, 3.05) is 6.61 Å². The van der Waals surface area contributed by atoms with E-state index in [1.807, 2.05) is 0 Å². The van der Waals surface area contributed by atoms with Crippen molar-refractivity contribution in [3.05, 3.63) is 0 Å². The van der Waals surface area contributed by atoms with Gasteiger partial charge in [0.05, 0.1) is 0 Å². The lowest BCUT2D eigenvalue weighted by molar-refractivity contribution is 0.150. The lowest BCUT2D eigenvalue weighted by Crippen LogP contribution is -2.31. The van der Waals surface area contributed by atoms with Crippen molar-refractivity contribution in [3.8, 4) is 0 Å². The van der Waals surface area contributed by atoms with E-state index >= 15 is 0 Å². The molecule has 0 unspecified atom stereocenters. The average Bonchev–Trinajstić information content (AvgIpc) is 1.78. The molecule has 0 amide bonds. The summed E-state index contributed by atoms with van der Waals surface area (Å²) in [6.07, 6.45) is 2.54. The normalized spacial score (nSPS) is 26.3. The summed E-state index contributed by atoms with van der Waals surface area (Å²) in [6, 6.07) is 0. The third-order valence-electron chi connectivity index (χ3n) is 1.99. The van der Waals surface area contributed by atoms with Crippen LogP contribution < -0.4 is 0 Å². The maximum absolute atomic E-state index is 5.49. The van der Waals surface area contributed by atoms with E-state index in [1.54, 1.807) is 0 Å². The largest absolute Gasteiger partial charge is 0.436 e. The molecule has 1 nitrogen and oxygen atoms in total. The molecule has 0 aromatic rings. The van der Waals surface area contributed by atoms with Crippen LogP contribution in [0.5, 0.6) is 0 Å². The predicted octanol–water partition coefficient (Wildman–Crippen LogP) is 2.05. The second-order valence-electron chi connectivity index (χ2n) is 3.82. The van der Waals surface area contributed by atoms with E-state index in [1.165, 1.54) is 12.7 Å². The molecule has 1 saturated heterocycles. The molecule has 2 heteroatoms. The van der Waals surface area contributed by atoms with E-state index < -0.39 is 0 Å². The Kier molecular flexibility index (Phi) is 1.85. The number of hydrogen-bond acceptors (Lipinski definition) is 1. The van der Waals surface area contributed by atoms with Crippen LogP contribution in [0.25, 0.3) is 0 Å². The van der Waals surface area contributed by atoms with E-state index in [4.69, 9.17) is 4.65 Å². The first kappa shape index (κ1) is 7.14. The van der Waals surface area contributed by atoms with Gasteiger partial charge in [0.15, 0.2) is 0 Å². The summed E-state index contributed by atoms with van der Waals surface area (Å²) in [5, 5.41) is 0. The molecule has 0 N–H and O–H groups in total. The summed E-state index contributed by atoms with van der Waals surface area (Å²) < 4.78 is 5.49. The molecule has 52 valence electrons. The molecule has 1 aliphatic rings. The van der Waals surface area contributed by atoms with E-state index in [0.717, 1.165) is 6.61 Å². The lowest BCUT2D eigenvalue weighted by Gasteiger charge is -2.31. The molecule has 0 aliphatic carbocycles. The summed E-state index contributed by atoms with van der Waals surface area (Å²) >= 11 is 0. The Labute approximate surface area is 57.9 Å². The van der Waals surface area contributed by atoms with Crippen molar-refractivity contribution in [1.82, 2.24) is 0 Å². The van der Waals surface area contributed by atoms with Crippen LogP contribution in [0.1, 0.15) is 20.3 Å². The molecule has 0 spiro atoms. The minimum Gasteiger partial charge on any atom is -0.436 e. The summed E-state index contributed by atoms with van der Waals surface area (Å²) in [7, 11) is 0. The van der Waals surface area contributed by atoms with Gasteiger partial charge in [-0.1, -0.05) is 27.1 Å². The van der Waals surface area contributed by atoms with Crippen LogP contribution in [0, 0.1) is 5.41 Å². The highest BCUT2D eigenvalue weighted by Crippen LogP contribution is 2.28. The molecule has 1 fully saturated rings. The highest BCUT2D eigenvalue weighted by atomic mass is 16.4. The van der Waals surface area contributed by atoms with Crippen molar-refractivity contribution < 1.29 is 4.65 Å². The van der Waals surface area contributed by atoms with Crippen LogP contribution >= 0.6 is 0 Å². The maximum Gasteiger partial charge on any atom is 0.289 e. The van der Waals surface area contributed by atoms with Crippen LogP contribution in [0.2, 0.25) is 13.1 Å². The van der Waals surface area contributed by atoms with Gasteiger partial charge < -0.3 is 4.65 Å². The average molecular weight is 126 g/mol. The monoisotopic (exact) mass is 126 g/mol. The molecular formula is C7H15BO. The molecule has 0 aromatic heterocycles. The Hall–Kier alpha value is 0.0249. The van der Waals surface area contributed by atoms with Gasteiger partial charge in [0.25, 0.3) is 6.92 Å². The summed E-state index contributed by atoms with van der Waals surface area (Å²) in [5.41, 5.74) is 0.437. The quantitative estimate of drug-likeness (QED) is 0.451. The molecule has 0 saturated carbocycles. The van der Waals surface area contributed by atoms with Gasteiger partial charge in [-0.2, -0.15) is 0 Å². The number of rotatable bonds is 0. The first-order chi connectivity index (χ1) is 4.10. The third-order valence-corrected chi connectivity index (χ3v) is 1.99. The van der Waals surface area contributed by atoms with Crippen molar-refractivity contribution in [2.24, 2.45) is 5.41 Å². The Morgan fingerprint density at radius 2 is 2.11 bits per heavy atom. The molecule has 0 radical (unpaired) electrons. The smallest absolute Gasteiger partial charge is 0.289 e. The van der Waals surface area contributed by atoms with Gasteiger partial charge in [-0.25, -0.2) is 0 Å². The first-order valence-electron chi connectivity index (χ1n) is 3.72. The van der Waals surface area contributed by atoms with Gasteiger partial charge in [-0.15, -0.1) is 0 Å². The molecule has 1 aliphatic heterocycles. The highest BCUT2D eigenvalue weighted by molar-refractivity contribution is 6.50. The van der Waals surface area contributed by atoms with Gasteiger partial charge >= 0.3 is 0 Å². The van der Waals surface area contributed by atoms with Gasteiger partial charge in [-0.05, 0) is 11.7 Å². The molecule has 0 atom stereocenters. The minimum atomic E-state index is 0.437. The van der Waals surface area contributed by atoms with E-state index in [-0.39, 0.29) is 0 Å². The van der Waals surface area contributed by atoms with Crippen LogP contribution in [-0.2, 0) is 4.65 Å². The Balaban J connectivity index is 2.35. The zero-order valence-corrected chi connectivity index (χ0v) is 6.61. The van der Waals surface area contributed by atoms with Crippen molar-refractivity contribution in [3.63, 3.8) is 0 Å². The number of hydrogen-bond donors (Lipinski definition) is 0. The van der Waals surface area contributed by atoms with E-state index in [0.29, 0.717) is 12.3 Å². The lowest BCUT2D eigenvalue weighted by atomic mass is 9.61. The van der Waals surface area contributed by atoms with Crippen molar-refractivity contribution >= 4 is 6.92 Å². The van der Waals surface area contributed by atoms with E-state index in [2.05, 4.69) is 20.7 Å². The Morgan fingerprint density at radius 3 is 2.44 bits per heavy atom. The molecule has 1 rings (SSSR count). The van der Waals surface area contributed by atoms with Crippen LogP contribution in [0.4, 0.5) is 0 Å². The third kappa shape index (κ3) is 2.01. The molecule has 0 aromatic carbocycles. The summed E-state index contributed by atoms with van der Waals surface area (Å²) in [4.78, 5) is 0. The van der Waals surface area contributed by atoms with E-state index in [9.17, 15) is 0 Å². The molecule has 1 heterocycles. The van der Waals surface area contributed by atoms with Gasteiger partial charge in [0, 0.05) is 6.61 Å². The predicted molar refractivity (Wildman–Crippen MR) is 40.8 cm³/mol. The topological polar surface area (TPSA) is 9.23 Å². The Bertz CT molecular complexity index is 91.1. The first-order valence-corrected chi connectivity index (χ1v) is 3.72. The zero-order chi connectivity index (χ0) is 6.91. The molecule has 0 bridgehead atoms. The van der Waals surface area contributed by atoms with Gasteiger partial charge in [-0.3, -0.25) is 0 Å². The SMILES string of the molecule is CB1CCC(C)(C)CO1. The molecule has 9 heavy (non-hydrogen) atoms. The fourth-order valence-corrected chi connectivity index (χ4v) is 1.12.